The second-order valence-electron chi connectivity index (χ2n) is 14.3. The topological polar surface area (TPSA) is 129 Å². The fourth-order valence-corrected chi connectivity index (χ4v) is 17.9. The molecule has 0 aliphatic rings. The molecule has 0 aromatic rings. The van der Waals surface area contributed by atoms with Crippen molar-refractivity contribution in [2.75, 3.05) is 160 Å². The van der Waals surface area contributed by atoms with Gasteiger partial charge in [0.05, 0.1) is 126 Å². The van der Waals surface area contributed by atoms with Gasteiger partial charge >= 0.3 is 0 Å². The predicted molar refractivity (Wildman–Crippen MR) is 257 cm³/mol. The SMILES string of the molecule is C.C.C.C=CCOCCOCCOCCOC.COCCOCCOCCOCCC[Si](C)(C)O[Si](C)(C)CCCOCCOCCOCCOC.C[SiH](C)O[SiH](C)C. The van der Waals surface area contributed by atoms with E-state index < -0.39 is 34.7 Å². The summed E-state index contributed by atoms with van der Waals surface area (Å²) >= 11 is 0. The Morgan fingerprint density at radius 1 is 0.390 bits per heavy atom. The predicted octanol–water partition coefficient (Wildman–Crippen LogP) is 7.33. The summed E-state index contributed by atoms with van der Waals surface area (Å²) in [4.78, 5) is 0. The minimum Gasteiger partial charge on any atom is -0.461 e. The van der Waals surface area contributed by atoms with Gasteiger partial charge < -0.3 is 65.1 Å². The van der Waals surface area contributed by atoms with E-state index in [1.54, 1.807) is 27.4 Å². The summed E-state index contributed by atoms with van der Waals surface area (Å²) in [7, 11) is 0.253. The minimum atomic E-state index is -1.70. The molecule has 0 rings (SSSR count). The van der Waals surface area contributed by atoms with Crippen LogP contribution in [0.5, 0.6) is 0 Å². The smallest absolute Gasteiger partial charge is 0.173 e. The van der Waals surface area contributed by atoms with E-state index in [1.807, 2.05) is 0 Å². The van der Waals surface area contributed by atoms with Gasteiger partial charge in [0.2, 0.25) is 0 Å². The molecular formula is C41H100O14Si4. The molecule has 0 aliphatic heterocycles. The largest absolute Gasteiger partial charge is 0.461 e. The summed E-state index contributed by atoms with van der Waals surface area (Å²) in [5.74, 6) is 0. The van der Waals surface area contributed by atoms with E-state index in [4.69, 9.17) is 65.1 Å². The Morgan fingerprint density at radius 3 is 0.847 bits per heavy atom. The third kappa shape index (κ3) is 70.0. The molecular weight excluding hydrogens is 829 g/mol. The number of methoxy groups -OCH3 is 3. The Balaban J connectivity index is -0.000000241. The molecule has 0 aromatic carbocycles. The summed E-state index contributed by atoms with van der Waals surface area (Å²) < 4.78 is 75.5. The fraction of sp³-hybridized carbons (Fsp3) is 0.951. The number of rotatable bonds is 41. The Hall–Kier alpha value is 0.0475. The molecule has 0 atom stereocenters. The van der Waals surface area contributed by atoms with E-state index in [0.717, 1.165) is 38.1 Å². The van der Waals surface area contributed by atoms with Crippen LogP contribution in [0.4, 0.5) is 0 Å². The quantitative estimate of drug-likeness (QED) is 0.0345. The normalized spacial score (nSPS) is 11.2. The van der Waals surface area contributed by atoms with Gasteiger partial charge in [0.1, 0.15) is 0 Å². The number of ether oxygens (including phenoxy) is 12. The van der Waals surface area contributed by atoms with Crippen molar-refractivity contribution in [3.63, 3.8) is 0 Å². The summed E-state index contributed by atoms with van der Waals surface area (Å²) in [6.45, 7) is 34.6. The fourth-order valence-electron chi connectivity index (χ4n) is 4.71. The van der Waals surface area contributed by atoms with Crippen LogP contribution in [0.1, 0.15) is 35.1 Å². The van der Waals surface area contributed by atoms with Crippen LogP contribution < -0.4 is 0 Å². The lowest BCUT2D eigenvalue weighted by atomic mass is 10.5. The lowest BCUT2D eigenvalue weighted by Gasteiger charge is -2.34. The molecule has 0 bridgehead atoms. The van der Waals surface area contributed by atoms with Crippen molar-refractivity contribution >= 4 is 34.7 Å². The maximum absolute atomic E-state index is 6.70. The molecule has 0 saturated heterocycles. The van der Waals surface area contributed by atoms with E-state index in [2.05, 4.69) is 59.0 Å². The average molecular weight is 930 g/mol. The molecule has 0 heterocycles. The van der Waals surface area contributed by atoms with Crippen LogP contribution in [-0.2, 0) is 65.1 Å². The Kier molecular flexibility index (Phi) is 67.2. The van der Waals surface area contributed by atoms with Gasteiger partial charge in [-0.2, -0.15) is 0 Å². The highest BCUT2D eigenvalue weighted by atomic mass is 28.4. The molecule has 0 fully saturated rings. The first-order chi connectivity index (χ1) is 26.9. The molecule has 0 aliphatic carbocycles. The summed E-state index contributed by atoms with van der Waals surface area (Å²) in [6, 6.07) is 2.22. The first-order valence-corrected chi connectivity index (χ1v) is 32.3. The lowest BCUT2D eigenvalue weighted by Crippen LogP contribution is -2.44. The van der Waals surface area contributed by atoms with Crippen LogP contribution in [0.15, 0.2) is 12.7 Å². The molecule has 0 amide bonds. The van der Waals surface area contributed by atoms with Gasteiger partial charge in [-0.25, -0.2) is 0 Å². The Bertz CT molecular complexity index is 717. The summed E-state index contributed by atoms with van der Waals surface area (Å²) in [6.07, 6.45) is 3.78. The van der Waals surface area contributed by atoms with E-state index in [0.29, 0.717) is 126 Å². The van der Waals surface area contributed by atoms with Crippen molar-refractivity contribution in [1.82, 2.24) is 0 Å². The van der Waals surface area contributed by atoms with Crippen molar-refractivity contribution < 1.29 is 65.1 Å². The standard InChI is InChI=1S/C24H54O9Si2.C10H20O4.C4H14OSi2.3CH4/c1-25-11-13-29-19-21-31-17-15-27-9-7-23-34(3,4)33-35(5,6)24-8-10-28-16-18-32-22-20-30-14-12-26-2;1-3-4-12-7-8-14-10-9-13-6-5-11-2;1-6(2)5-7(3)4;;;/h7-24H2,1-6H3;3H,1,4-10H2,2H3;6-7H,1-4H3;3*1H4. The maximum Gasteiger partial charge on any atom is 0.173 e. The average Bonchev–Trinajstić information content (AvgIpc) is 3.13. The molecule has 0 spiro atoms. The zero-order valence-corrected chi connectivity index (χ0v) is 42.1. The third-order valence-electron chi connectivity index (χ3n) is 7.00. The Morgan fingerprint density at radius 2 is 0.627 bits per heavy atom. The molecule has 0 aromatic heterocycles. The highest BCUT2D eigenvalue weighted by molar-refractivity contribution is 6.84. The van der Waals surface area contributed by atoms with Gasteiger partial charge in [0, 0.05) is 34.5 Å². The zero-order valence-electron chi connectivity index (χ0n) is 37.8. The van der Waals surface area contributed by atoms with Gasteiger partial charge in [0.25, 0.3) is 0 Å². The minimum absolute atomic E-state index is 0. The van der Waals surface area contributed by atoms with E-state index in [1.165, 1.54) is 0 Å². The van der Waals surface area contributed by atoms with Crippen LogP contribution in [0.2, 0.25) is 64.5 Å². The van der Waals surface area contributed by atoms with Gasteiger partial charge in [-0.05, 0) is 77.3 Å². The second kappa shape index (κ2) is 56.1. The van der Waals surface area contributed by atoms with Gasteiger partial charge in [-0.3, -0.25) is 0 Å². The monoisotopic (exact) mass is 929 g/mol. The van der Waals surface area contributed by atoms with Crippen molar-refractivity contribution in [1.29, 1.82) is 0 Å². The van der Waals surface area contributed by atoms with E-state index >= 15 is 0 Å². The maximum atomic E-state index is 6.70. The second-order valence-corrected chi connectivity index (χ2v) is 28.4. The van der Waals surface area contributed by atoms with Crippen LogP contribution in [-0.4, -0.2) is 195 Å². The highest BCUT2D eigenvalue weighted by Crippen LogP contribution is 2.23. The first kappa shape index (κ1) is 70.7. The summed E-state index contributed by atoms with van der Waals surface area (Å²) in [5, 5.41) is 0. The van der Waals surface area contributed by atoms with Crippen LogP contribution in [0, 0.1) is 0 Å². The summed E-state index contributed by atoms with van der Waals surface area (Å²) in [5.41, 5.74) is 0. The molecule has 0 unspecified atom stereocenters. The van der Waals surface area contributed by atoms with E-state index in [9.17, 15) is 0 Å². The van der Waals surface area contributed by atoms with Crippen molar-refractivity contribution in [3.8, 4) is 0 Å². The highest BCUT2D eigenvalue weighted by Gasteiger charge is 2.32. The molecule has 14 nitrogen and oxygen atoms in total. The number of hydrogen-bond acceptors (Lipinski definition) is 14. The van der Waals surface area contributed by atoms with Gasteiger partial charge in [0.15, 0.2) is 34.7 Å². The van der Waals surface area contributed by atoms with Crippen LogP contribution in [0.3, 0.4) is 0 Å². The van der Waals surface area contributed by atoms with Gasteiger partial charge in [-0.1, -0.05) is 28.4 Å². The lowest BCUT2D eigenvalue weighted by molar-refractivity contribution is 0.00366. The van der Waals surface area contributed by atoms with Crippen molar-refractivity contribution in [3.05, 3.63) is 12.7 Å². The molecule has 0 radical (unpaired) electrons. The number of hydrogen-bond donors (Lipinski definition) is 0. The van der Waals surface area contributed by atoms with Gasteiger partial charge in [-0.15, -0.1) is 6.58 Å². The molecule has 59 heavy (non-hydrogen) atoms. The Labute approximate surface area is 370 Å². The van der Waals surface area contributed by atoms with E-state index in [-0.39, 0.29) is 22.3 Å². The molecule has 0 saturated carbocycles. The van der Waals surface area contributed by atoms with Crippen LogP contribution >= 0.6 is 0 Å². The van der Waals surface area contributed by atoms with Crippen molar-refractivity contribution in [2.24, 2.45) is 0 Å². The van der Waals surface area contributed by atoms with Crippen molar-refractivity contribution in [2.45, 2.75) is 99.6 Å². The third-order valence-corrected chi connectivity index (χ3v) is 18.9. The zero-order chi connectivity index (χ0) is 42.4. The molecule has 364 valence electrons. The first-order valence-electron chi connectivity index (χ1n) is 20.5. The van der Waals surface area contributed by atoms with Crippen LogP contribution in [0.25, 0.3) is 0 Å². The molecule has 0 N–H and O–H groups in total. The molecule has 18 heteroatoms.